The number of carbonyl (C=O) groups excluding carboxylic acids is 1. The predicted octanol–water partition coefficient (Wildman–Crippen LogP) is 4.53. The Hall–Kier alpha value is -0.570. The summed E-state index contributed by atoms with van der Waals surface area (Å²) < 4.78 is 0. The molecule has 0 unspecified atom stereocenters. The predicted molar refractivity (Wildman–Crippen MR) is 90.4 cm³/mol. The number of rotatable bonds is 15. The van der Waals surface area contributed by atoms with Crippen LogP contribution in [0.5, 0.6) is 0 Å². The van der Waals surface area contributed by atoms with E-state index in [-0.39, 0.29) is 5.91 Å². The van der Waals surface area contributed by atoms with Crippen LogP contribution in [0, 0.1) is 0 Å². The second-order valence-corrected chi connectivity index (χ2v) is 6.36. The molecule has 0 aromatic rings. The van der Waals surface area contributed by atoms with E-state index in [1.54, 1.807) is 4.90 Å². The van der Waals surface area contributed by atoms with Crippen LogP contribution in [0.15, 0.2) is 0 Å². The fraction of sp³-hybridized carbons (Fsp3) is 0.944. The van der Waals surface area contributed by atoms with Crippen molar-refractivity contribution in [1.82, 2.24) is 4.90 Å². The molecule has 3 nitrogen and oxygen atoms in total. The van der Waals surface area contributed by atoms with Crippen LogP contribution in [0.3, 0.4) is 0 Å². The third kappa shape index (κ3) is 15.6. The van der Waals surface area contributed by atoms with Gasteiger partial charge in [0, 0.05) is 27.1 Å². The van der Waals surface area contributed by atoms with Crippen LogP contribution in [-0.2, 0) is 4.79 Å². The van der Waals surface area contributed by atoms with Crippen molar-refractivity contribution in [2.75, 3.05) is 20.7 Å². The zero-order valence-electron chi connectivity index (χ0n) is 14.4. The summed E-state index contributed by atoms with van der Waals surface area (Å²) in [4.78, 5) is 13.1. The van der Waals surface area contributed by atoms with E-state index >= 15 is 0 Å². The highest BCUT2D eigenvalue weighted by Gasteiger charge is 2.02. The second kappa shape index (κ2) is 15.8. The highest BCUT2D eigenvalue weighted by molar-refractivity contribution is 5.75. The SMILES string of the molecule is CN(C)C(=O)CCCCCCCCCCCCCCCO. The first-order valence-electron chi connectivity index (χ1n) is 8.99. The van der Waals surface area contributed by atoms with Gasteiger partial charge in [-0.15, -0.1) is 0 Å². The zero-order valence-corrected chi connectivity index (χ0v) is 14.4. The van der Waals surface area contributed by atoms with Crippen LogP contribution < -0.4 is 0 Å². The van der Waals surface area contributed by atoms with Crippen molar-refractivity contribution < 1.29 is 9.90 Å². The summed E-state index contributed by atoms with van der Waals surface area (Å²) in [5.74, 6) is 0.258. The summed E-state index contributed by atoms with van der Waals surface area (Å²) in [5.41, 5.74) is 0. The van der Waals surface area contributed by atoms with Crippen LogP contribution in [0.25, 0.3) is 0 Å². The minimum atomic E-state index is 0.258. The third-order valence-electron chi connectivity index (χ3n) is 4.05. The molecular weight excluding hydrogens is 262 g/mol. The number of amides is 1. The largest absolute Gasteiger partial charge is 0.396 e. The van der Waals surface area contributed by atoms with Gasteiger partial charge in [0.2, 0.25) is 5.91 Å². The number of carbonyl (C=O) groups is 1. The number of aliphatic hydroxyl groups is 1. The summed E-state index contributed by atoms with van der Waals surface area (Å²) in [6.45, 7) is 0.351. The molecule has 3 heteroatoms. The molecular formula is C18H37NO2. The molecule has 0 spiro atoms. The molecule has 0 rings (SSSR count). The van der Waals surface area contributed by atoms with Crippen LogP contribution in [-0.4, -0.2) is 36.6 Å². The number of nitrogens with zero attached hydrogens (tertiary/aromatic N) is 1. The molecule has 0 heterocycles. The van der Waals surface area contributed by atoms with Crippen molar-refractivity contribution in [2.24, 2.45) is 0 Å². The van der Waals surface area contributed by atoms with E-state index in [1.165, 1.54) is 70.6 Å². The third-order valence-corrected chi connectivity index (χ3v) is 4.05. The van der Waals surface area contributed by atoms with Crippen molar-refractivity contribution in [1.29, 1.82) is 0 Å². The summed E-state index contributed by atoms with van der Waals surface area (Å²) in [5, 5.41) is 8.68. The minimum absolute atomic E-state index is 0.258. The molecule has 0 radical (unpaired) electrons. The smallest absolute Gasteiger partial charge is 0.222 e. The van der Waals surface area contributed by atoms with Gasteiger partial charge in [0.15, 0.2) is 0 Å². The number of aliphatic hydroxyl groups excluding tert-OH is 1. The Labute approximate surface area is 132 Å². The maximum Gasteiger partial charge on any atom is 0.222 e. The summed E-state index contributed by atoms with van der Waals surface area (Å²) in [6, 6.07) is 0. The highest BCUT2D eigenvalue weighted by atomic mass is 16.2. The van der Waals surface area contributed by atoms with Crippen molar-refractivity contribution in [2.45, 2.75) is 89.9 Å². The summed E-state index contributed by atoms with van der Waals surface area (Å²) in [7, 11) is 3.66. The first-order valence-corrected chi connectivity index (χ1v) is 8.99. The van der Waals surface area contributed by atoms with E-state index in [9.17, 15) is 4.79 Å². The summed E-state index contributed by atoms with van der Waals surface area (Å²) in [6.07, 6.45) is 17.2. The standard InChI is InChI=1S/C18H37NO2/c1-19(2)18(21)16-14-12-10-8-6-4-3-5-7-9-11-13-15-17-20/h20H,3-17H2,1-2H3. The molecule has 0 fully saturated rings. The van der Waals surface area contributed by atoms with Gasteiger partial charge in [-0.25, -0.2) is 0 Å². The van der Waals surface area contributed by atoms with Gasteiger partial charge >= 0.3 is 0 Å². The molecule has 0 aliphatic heterocycles. The normalized spacial score (nSPS) is 10.8. The van der Waals surface area contributed by atoms with Crippen LogP contribution in [0.1, 0.15) is 89.9 Å². The number of hydrogen-bond donors (Lipinski definition) is 1. The summed E-state index contributed by atoms with van der Waals surface area (Å²) >= 11 is 0. The van der Waals surface area contributed by atoms with Gasteiger partial charge in [-0.1, -0.05) is 70.6 Å². The fourth-order valence-electron chi connectivity index (χ4n) is 2.56. The molecule has 21 heavy (non-hydrogen) atoms. The average Bonchev–Trinajstić information content (AvgIpc) is 2.47. The van der Waals surface area contributed by atoms with E-state index in [1.807, 2.05) is 14.1 Å². The Morgan fingerprint density at radius 3 is 1.33 bits per heavy atom. The van der Waals surface area contributed by atoms with Crippen molar-refractivity contribution >= 4 is 5.91 Å². The Kier molecular flexibility index (Phi) is 15.4. The molecule has 0 aliphatic carbocycles. The van der Waals surface area contributed by atoms with Gasteiger partial charge < -0.3 is 10.0 Å². The highest BCUT2D eigenvalue weighted by Crippen LogP contribution is 2.13. The van der Waals surface area contributed by atoms with Gasteiger partial charge in [-0.05, 0) is 12.8 Å². The van der Waals surface area contributed by atoms with E-state index in [0.717, 1.165) is 12.8 Å². The van der Waals surface area contributed by atoms with Crippen LogP contribution in [0.2, 0.25) is 0 Å². The number of unbranched alkanes of at least 4 members (excludes halogenated alkanes) is 12. The maximum atomic E-state index is 11.4. The Morgan fingerprint density at radius 1 is 0.667 bits per heavy atom. The zero-order chi connectivity index (χ0) is 15.8. The van der Waals surface area contributed by atoms with Gasteiger partial charge in [0.25, 0.3) is 0 Å². The molecule has 1 amide bonds. The lowest BCUT2D eigenvalue weighted by molar-refractivity contribution is -0.128. The topological polar surface area (TPSA) is 40.5 Å². The molecule has 0 saturated heterocycles. The van der Waals surface area contributed by atoms with Crippen LogP contribution >= 0.6 is 0 Å². The monoisotopic (exact) mass is 299 g/mol. The molecule has 0 atom stereocenters. The van der Waals surface area contributed by atoms with Crippen LogP contribution in [0.4, 0.5) is 0 Å². The first kappa shape index (κ1) is 20.4. The molecule has 0 aromatic heterocycles. The number of hydrogen-bond acceptors (Lipinski definition) is 2. The lowest BCUT2D eigenvalue weighted by Crippen LogP contribution is -2.20. The van der Waals surface area contributed by atoms with Gasteiger partial charge in [0.1, 0.15) is 0 Å². The fourth-order valence-corrected chi connectivity index (χ4v) is 2.56. The lowest BCUT2D eigenvalue weighted by Gasteiger charge is -2.09. The lowest BCUT2D eigenvalue weighted by atomic mass is 10.0. The van der Waals surface area contributed by atoms with Crippen molar-refractivity contribution in [3.05, 3.63) is 0 Å². The van der Waals surface area contributed by atoms with Gasteiger partial charge in [0.05, 0.1) is 0 Å². The van der Waals surface area contributed by atoms with E-state index in [2.05, 4.69) is 0 Å². The average molecular weight is 299 g/mol. The second-order valence-electron chi connectivity index (χ2n) is 6.36. The van der Waals surface area contributed by atoms with Gasteiger partial charge in [-0.2, -0.15) is 0 Å². The van der Waals surface area contributed by atoms with Crippen molar-refractivity contribution in [3.63, 3.8) is 0 Å². The quantitative estimate of drug-likeness (QED) is 0.451. The molecule has 1 N–H and O–H groups in total. The Balaban J connectivity index is 3.04. The molecule has 0 aliphatic rings. The maximum absolute atomic E-state index is 11.4. The molecule has 0 bridgehead atoms. The van der Waals surface area contributed by atoms with Crippen molar-refractivity contribution in [3.8, 4) is 0 Å². The Bertz CT molecular complexity index is 229. The van der Waals surface area contributed by atoms with E-state index in [0.29, 0.717) is 13.0 Å². The first-order chi connectivity index (χ1) is 10.2. The van der Waals surface area contributed by atoms with Gasteiger partial charge in [-0.3, -0.25) is 4.79 Å². The minimum Gasteiger partial charge on any atom is -0.396 e. The molecule has 0 saturated carbocycles. The molecule has 0 aromatic carbocycles. The Morgan fingerprint density at radius 2 is 1.00 bits per heavy atom. The molecule has 126 valence electrons. The van der Waals surface area contributed by atoms with E-state index < -0.39 is 0 Å². The van der Waals surface area contributed by atoms with E-state index in [4.69, 9.17) is 5.11 Å².